The summed E-state index contributed by atoms with van der Waals surface area (Å²) in [4.78, 5) is 11.1. The van der Waals surface area contributed by atoms with Gasteiger partial charge in [-0.3, -0.25) is 4.98 Å². The quantitative estimate of drug-likeness (QED) is 0.569. The number of anilines is 1. The molecule has 1 aromatic carbocycles. The van der Waals surface area contributed by atoms with Gasteiger partial charge in [0.05, 0.1) is 12.2 Å². The van der Waals surface area contributed by atoms with E-state index in [1.54, 1.807) is 12.3 Å². The SMILES string of the molecule is Fc1cc(Br)ccc1CN(Cc1ccccn1)c1nc(C2CC2)ns1. The summed E-state index contributed by atoms with van der Waals surface area (Å²) in [7, 11) is 0. The highest BCUT2D eigenvalue weighted by atomic mass is 79.9. The van der Waals surface area contributed by atoms with Crippen molar-refractivity contribution in [3.8, 4) is 0 Å². The van der Waals surface area contributed by atoms with Crippen LogP contribution in [0.5, 0.6) is 0 Å². The van der Waals surface area contributed by atoms with Crippen molar-refractivity contribution in [2.24, 2.45) is 0 Å². The molecular formula is C18H16BrFN4S. The minimum Gasteiger partial charge on any atom is -0.337 e. The number of halogens is 2. The standard InChI is InChI=1S/C18H16BrFN4S/c19-14-7-6-13(16(20)9-14)10-24(11-15-3-1-2-8-21-15)18-22-17(23-25-18)12-4-5-12/h1-3,6-9,12H,4-5,10-11H2. The predicted molar refractivity (Wildman–Crippen MR) is 100 cm³/mol. The van der Waals surface area contributed by atoms with Gasteiger partial charge in [0.2, 0.25) is 5.13 Å². The molecule has 0 spiro atoms. The highest BCUT2D eigenvalue weighted by molar-refractivity contribution is 9.10. The molecule has 0 saturated heterocycles. The van der Waals surface area contributed by atoms with Crippen LogP contribution in [0, 0.1) is 5.82 Å². The van der Waals surface area contributed by atoms with Crippen molar-refractivity contribution < 1.29 is 4.39 Å². The molecule has 4 rings (SSSR count). The van der Waals surface area contributed by atoms with Crippen LogP contribution in [0.2, 0.25) is 0 Å². The summed E-state index contributed by atoms with van der Waals surface area (Å²) in [5, 5.41) is 0.815. The van der Waals surface area contributed by atoms with Gasteiger partial charge in [-0.2, -0.15) is 4.37 Å². The van der Waals surface area contributed by atoms with Crippen molar-refractivity contribution in [1.82, 2.24) is 14.3 Å². The smallest absolute Gasteiger partial charge is 0.205 e. The van der Waals surface area contributed by atoms with Crippen LogP contribution in [0.1, 0.15) is 35.8 Å². The first-order valence-corrected chi connectivity index (χ1v) is 9.68. The van der Waals surface area contributed by atoms with E-state index in [-0.39, 0.29) is 5.82 Å². The molecular weight excluding hydrogens is 403 g/mol. The fraction of sp³-hybridized carbons (Fsp3) is 0.278. The molecule has 0 radical (unpaired) electrons. The van der Waals surface area contributed by atoms with Gasteiger partial charge in [-0.15, -0.1) is 0 Å². The molecule has 25 heavy (non-hydrogen) atoms. The van der Waals surface area contributed by atoms with Gasteiger partial charge in [0.1, 0.15) is 11.6 Å². The lowest BCUT2D eigenvalue weighted by Gasteiger charge is -2.21. The van der Waals surface area contributed by atoms with Gasteiger partial charge >= 0.3 is 0 Å². The van der Waals surface area contributed by atoms with E-state index >= 15 is 0 Å². The molecule has 0 aliphatic heterocycles. The molecule has 1 aliphatic carbocycles. The summed E-state index contributed by atoms with van der Waals surface area (Å²) in [5.74, 6) is 1.20. The maximum atomic E-state index is 14.3. The first kappa shape index (κ1) is 16.6. The maximum Gasteiger partial charge on any atom is 0.205 e. The Labute approximate surface area is 158 Å². The highest BCUT2D eigenvalue weighted by Gasteiger charge is 2.28. The van der Waals surface area contributed by atoms with Crippen molar-refractivity contribution in [3.05, 3.63) is 70.0 Å². The maximum absolute atomic E-state index is 14.3. The van der Waals surface area contributed by atoms with E-state index in [1.807, 2.05) is 29.2 Å². The third kappa shape index (κ3) is 4.04. The van der Waals surface area contributed by atoms with Gasteiger partial charge in [-0.25, -0.2) is 9.37 Å². The molecule has 1 saturated carbocycles. The zero-order valence-electron chi connectivity index (χ0n) is 13.4. The van der Waals surface area contributed by atoms with E-state index in [1.165, 1.54) is 17.6 Å². The average Bonchev–Trinajstić information content (AvgIpc) is 3.35. The molecule has 7 heteroatoms. The summed E-state index contributed by atoms with van der Waals surface area (Å²) >= 11 is 4.68. The van der Waals surface area contributed by atoms with Crippen molar-refractivity contribution in [1.29, 1.82) is 0 Å². The minimum atomic E-state index is -0.229. The lowest BCUT2D eigenvalue weighted by molar-refractivity contribution is 0.602. The Hall–Kier alpha value is -1.86. The fourth-order valence-corrected chi connectivity index (χ4v) is 3.67. The monoisotopic (exact) mass is 418 g/mol. The Kier molecular flexibility index (Phi) is 4.76. The summed E-state index contributed by atoms with van der Waals surface area (Å²) < 4.78 is 19.5. The van der Waals surface area contributed by atoms with E-state index < -0.39 is 0 Å². The number of hydrogen-bond donors (Lipinski definition) is 0. The van der Waals surface area contributed by atoms with E-state index in [4.69, 9.17) is 0 Å². The van der Waals surface area contributed by atoms with Crippen molar-refractivity contribution in [2.45, 2.75) is 31.8 Å². The number of benzene rings is 1. The molecule has 1 fully saturated rings. The molecule has 1 aliphatic rings. The molecule has 4 nitrogen and oxygen atoms in total. The van der Waals surface area contributed by atoms with Crippen molar-refractivity contribution in [3.63, 3.8) is 0 Å². The van der Waals surface area contributed by atoms with Crippen LogP contribution in [0.4, 0.5) is 9.52 Å². The highest BCUT2D eigenvalue weighted by Crippen LogP contribution is 2.40. The van der Waals surface area contributed by atoms with Crippen LogP contribution in [0.3, 0.4) is 0 Å². The second kappa shape index (κ2) is 7.17. The van der Waals surface area contributed by atoms with E-state index in [2.05, 4.69) is 30.3 Å². The Morgan fingerprint density at radius 2 is 2.08 bits per heavy atom. The zero-order valence-corrected chi connectivity index (χ0v) is 15.8. The molecule has 3 aromatic rings. The topological polar surface area (TPSA) is 41.9 Å². The van der Waals surface area contributed by atoms with Crippen LogP contribution in [-0.2, 0) is 13.1 Å². The summed E-state index contributed by atoms with van der Waals surface area (Å²) in [6, 6.07) is 11.0. The Bertz CT molecular complexity index is 867. The number of rotatable bonds is 6. The van der Waals surface area contributed by atoms with Crippen LogP contribution >= 0.6 is 27.5 Å². The molecule has 2 heterocycles. The summed E-state index contributed by atoms with van der Waals surface area (Å²) in [6.07, 6.45) is 4.10. The second-order valence-corrected chi connectivity index (χ2v) is 7.77. The summed E-state index contributed by atoms with van der Waals surface area (Å²) in [6.45, 7) is 0.991. The van der Waals surface area contributed by atoms with Crippen LogP contribution in [0.15, 0.2) is 47.1 Å². The van der Waals surface area contributed by atoms with Crippen LogP contribution < -0.4 is 4.90 Å². The molecule has 0 N–H and O–H groups in total. The first-order chi connectivity index (χ1) is 12.2. The normalized spacial score (nSPS) is 13.8. The Morgan fingerprint density at radius 1 is 1.20 bits per heavy atom. The Morgan fingerprint density at radius 3 is 2.80 bits per heavy atom. The number of hydrogen-bond acceptors (Lipinski definition) is 5. The van der Waals surface area contributed by atoms with Gasteiger partial charge in [0.15, 0.2) is 0 Å². The molecule has 0 unspecified atom stereocenters. The lowest BCUT2D eigenvalue weighted by Crippen LogP contribution is -2.23. The summed E-state index contributed by atoms with van der Waals surface area (Å²) in [5.41, 5.74) is 1.55. The molecule has 0 amide bonds. The molecule has 128 valence electrons. The van der Waals surface area contributed by atoms with Crippen LogP contribution in [0.25, 0.3) is 0 Å². The molecule has 0 atom stereocenters. The van der Waals surface area contributed by atoms with E-state index in [0.29, 0.717) is 24.6 Å². The van der Waals surface area contributed by atoms with Gasteiger partial charge in [-0.05, 0) is 37.1 Å². The average molecular weight is 419 g/mol. The number of nitrogens with zero attached hydrogens (tertiary/aromatic N) is 4. The van der Waals surface area contributed by atoms with Crippen molar-refractivity contribution in [2.75, 3.05) is 4.90 Å². The predicted octanol–water partition coefficient (Wildman–Crippen LogP) is 4.92. The van der Waals surface area contributed by atoms with Crippen LogP contribution in [-0.4, -0.2) is 14.3 Å². The Balaban J connectivity index is 1.62. The third-order valence-electron chi connectivity index (χ3n) is 4.10. The second-order valence-electron chi connectivity index (χ2n) is 6.12. The molecule has 2 aromatic heterocycles. The number of aromatic nitrogens is 3. The minimum absolute atomic E-state index is 0.229. The van der Waals surface area contributed by atoms with Gasteiger partial charge < -0.3 is 4.90 Å². The largest absolute Gasteiger partial charge is 0.337 e. The van der Waals surface area contributed by atoms with E-state index in [9.17, 15) is 4.39 Å². The van der Waals surface area contributed by atoms with E-state index in [0.717, 1.165) is 34.0 Å². The lowest BCUT2D eigenvalue weighted by atomic mass is 10.2. The van der Waals surface area contributed by atoms with Gasteiger partial charge in [0, 0.05) is 40.2 Å². The van der Waals surface area contributed by atoms with Crippen molar-refractivity contribution >= 4 is 32.6 Å². The van der Waals surface area contributed by atoms with Gasteiger partial charge in [0.25, 0.3) is 0 Å². The fourth-order valence-electron chi connectivity index (χ4n) is 2.60. The number of pyridine rings is 1. The third-order valence-corrected chi connectivity index (χ3v) is 5.38. The molecule has 0 bridgehead atoms. The zero-order chi connectivity index (χ0) is 17.2. The first-order valence-electron chi connectivity index (χ1n) is 8.11. The van der Waals surface area contributed by atoms with Gasteiger partial charge in [-0.1, -0.05) is 28.1 Å².